The molecular weight excluding hydrogens is 477 g/mol. The Morgan fingerprint density at radius 2 is 1.74 bits per heavy atom. The predicted molar refractivity (Wildman–Crippen MR) is 150 cm³/mol. The highest BCUT2D eigenvalue weighted by Gasteiger charge is 2.17. The lowest BCUT2D eigenvalue weighted by atomic mass is 9.93. The molecule has 0 aliphatic heterocycles. The molecule has 5 aromatic heterocycles. The molecule has 8 heteroatoms. The largest absolute Gasteiger partial charge is 0.358 e. The first-order valence-corrected chi connectivity index (χ1v) is 12.3. The van der Waals surface area contributed by atoms with E-state index in [9.17, 15) is 4.39 Å². The van der Waals surface area contributed by atoms with E-state index in [1.807, 2.05) is 30.3 Å². The Labute approximate surface area is 218 Å². The van der Waals surface area contributed by atoms with Crippen LogP contribution in [0.1, 0.15) is 20.8 Å². The highest BCUT2D eigenvalue weighted by molar-refractivity contribution is 6.00. The minimum atomic E-state index is -0.299. The highest BCUT2D eigenvalue weighted by atomic mass is 19.1. The van der Waals surface area contributed by atoms with Crippen LogP contribution in [-0.2, 0) is 0 Å². The summed E-state index contributed by atoms with van der Waals surface area (Å²) in [4.78, 5) is 17.0. The van der Waals surface area contributed by atoms with Crippen molar-refractivity contribution in [3.8, 4) is 33.9 Å². The van der Waals surface area contributed by atoms with Gasteiger partial charge in [0.1, 0.15) is 11.5 Å². The third-order valence-electron chi connectivity index (χ3n) is 6.58. The fraction of sp³-hybridized carbons (Fsp3) is 0.133. The van der Waals surface area contributed by atoms with Crippen LogP contribution in [0.15, 0.2) is 85.6 Å². The lowest BCUT2D eigenvalue weighted by Crippen LogP contribution is -2.15. The number of nitrogens with zero attached hydrogens (tertiary/aromatic N) is 4. The molecule has 0 radical (unpaired) electrons. The average Bonchev–Trinajstić information content (AvgIpc) is 3.52. The van der Waals surface area contributed by atoms with E-state index in [0.717, 1.165) is 61.4 Å². The van der Waals surface area contributed by atoms with E-state index in [4.69, 9.17) is 0 Å². The van der Waals surface area contributed by atoms with Gasteiger partial charge in [0, 0.05) is 50.9 Å². The second-order valence-electron chi connectivity index (χ2n) is 10.3. The van der Waals surface area contributed by atoms with Crippen LogP contribution >= 0.6 is 0 Å². The quantitative estimate of drug-likeness (QED) is 0.229. The molecule has 6 rings (SSSR count). The molecule has 0 aliphatic carbocycles. The zero-order valence-electron chi connectivity index (χ0n) is 21.3. The summed E-state index contributed by atoms with van der Waals surface area (Å²) in [5, 5.41) is 12.8. The Morgan fingerprint density at radius 1 is 0.895 bits per heavy atom. The number of nitrogens with one attached hydrogen (secondary N) is 3. The number of fused-ring (bicyclic) bond motifs is 2. The summed E-state index contributed by atoms with van der Waals surface area (Å²) in [6, 6.07) is 14.4. The minimum absolute atomic E-state index is 0.0809. The van der Waals surface area contributed by atoms with E-state index in [2.05, 4.69) is 62.8 Å². The lowest BCUT2D eigenvalue weighted by molar-refractivity contribution is 0.509. The first kappa shape index (κ1) is 23.5. The fourth-order valence-electron chi connectivity index (χ4n) is 4.34. The molecule has 0 aliphatic rings. The Bertz CT molecular complexity index is 1820. The van der Waals surface area contributed by atoms with E-state index in [-0.39, 0.29) is 11.2 Å². The zero-order valence-corrected chi connectivity index (χ0v) is 21.3. The van der Waals surface area contributed by atoms with Gasteiger partial charge in [-0.25, -0.2) is 4.39 Å². The average molecular weight is 504 g/mol. The van der Waals surface area contributed by atoms with Crippen LogP contribution in [-0.4, -0.2) is 30.1 Å². The monoisotopic (exact) mass is 503 g/mol. The van der Waals surface area contributed by atoms with Gasteiger partial charge in [-0.1, -0.05) is 39.5 Å². The van der Waals surface area contributed by atoms with Crippen molar-refractivity contribution in [2.75, 3.05) is 5.32 Å². The van der Waals surface area contributed by atoms with Crippen molar-refractivity contribution in [2.24, 2.45) is 5.41 Å². The van der Waals surface area contributed by atoms with Crippen LogP contribution in [0.5, 0.6) is 0 Å². The normalized spacial score (nSPS) is 11.8. The number of allylic oxidation sites excluding steroid dienone is 1. The third-order valence-corrected chi connectivity index (χ3v) is 6.58. The maximum Gasteiger partial charge on any atom is 0.123 e. The van der Waals surface area contributed by atoms with Crippen molar-refractivity contribution in [3.05, 3.63) is 91.4 Å². The molecule has 7 nitrogen and oxygen atoms in total. The number of aromatic nitrogens is 6. The van der Waals surface area contributed by atoms with Gasteiger partial charge in [0.25, 0.3) is 0 Å². The van der Waals surface area contributed by atoms with Gasteiger partial charge in [-0.3, -0.25) is 20.1 Å². The Hall–Kier alpha value is -4.85. The summed E-state index contributed by atoms with van der Waals surface area (Å²) in [6.07, 6.45) is 7.06. The number of pyridine rings is 3. The Kier molecular flexibility index (Phi) is 5.52. The molecule has 3 N–H and O–H groups in total. The minimum Gasteiger partial charge on any atom is -0.358 e. The number of anilines is 1. The number of benzene rings is 1. The molecule has 0 atom stereocenters. The van der Waals surface area contributed by atoms with Gasteiger partial charge in [0.15, 0.2) is 0 Å². The van der Waals surface area contributed by atoms with Crippen molar-refractivity contribution in [2.45, 2.75) is 20.8 Å². The lowest BCUT2D eigenvalue weighted by Gasteiger charge is -2.23. The molecule has 0 saturated heterocycles. The number of halogens is 1. The molecule has 38 heavy (non-hydrogen) atoms. The number of H-pyrrole nitrogens is 2. The molecule has 188 valence electrons. The molecule has 0 fully saturated rings. The molecule has 5 heterocycles. The van der Waals surface area contributed by atoms with E-state index in [1.54, 1.807) is 30.9 Å². The summed E-state index contributed by atoms with van der Waals surface area (Å²) >= 11 is 0. The predicted octanol–water partition coefficient (Wildman–Crippen LogP) is 7.34. The summed E-state index contributed by atoms with van der Waals surface area (Å²) in [6.45, 7) is 10.5. The van der Waals surface area contributed by atoms with E-state index in [1.165, 1.54) is 12.1 Å². The van der Waals surface area contributed by atoms with Crippen LogP contribution in [0, 0.1) is 11.2 Å². The first-order chi connectivity index (χ1) is 18.3. The summed E-state index contributed by atoms with van der Waals surface area (Å²) in [5.41, 5.74) is 8.04. The molecule has 0 saturated carbocycles. The maximum atomic E-state index is 13.9. The smallest absolute Gasteiger partial charge is 0.123 e. The van der Waals surface area contributed by atoms with Gasteiger partial charge in [-0.15, -0.1) is 0 Å². The Balaban J connectivity index is 1.40. The third kappa shape index (κ3) is 4.30. The summed E-state index contributed by atoms with van der Waals surface area (Å²) in [5.74, 6) is -0.299. The van der Waals surface area contributed by atoms with E-state index in [0.29, 0.717) is 5.69 Å². The molecule has 0 unspecified atom stereocenters. The standard InChI is InChI=1S/C30H26FN7/c1-17(30(2,3)4)35-21-11-19(14-32-15-21)25-12-23-27(16-34-25)37-38-29(23)26-13-22-24(36-26)8-9-33-28(22)18-6-5-7-20(31)10-18/h5-16,35-36H,1H2,2-4H3,(H,37,38). The topological polar surface area (TPSA) is 95.2 Å². The molecule has 0 amide bonds. The second-order valence-corrected chi connectivity index (χ2v) is 10.3. The molecule has 0 bridgehead atoms. The van der Waals surface area contributed by atoms with Crippen molar-refractivity contribution in [1.82, 2.24) is 30.1 Å². The maximum absolute atomic E-state index is 13.9. The van der Waals surface area contributed by atoms with Gasteiger partial charge >= 0.3 is 0 Å². The van der Waals surface area contributed by atoms with E-state index >= 15 is 0 Å². The van der Waals surface area contributed by atoms with Crippen LogP contribution in [0.2, 0.25) is 0 Å². The fourth-order valence-corrected chi connectivity index (χ4v) is 4.34. The number of hydrogen-bond acceptors (Lipinski definition) is 5. The van der Waals surface area contributed by atoms with Gasteiger partial charge < -0.3 is 10.3 Å². The highest BCUT2D eigenvalue weighted by Crippen LogP contribution is 2.34. The Morgan fingerprint density at radius 3 is 2.55 bits per heavy atom. The number of rotatable bonds is 5. The number of hydrogen-bond donors (Lipinski definition) is 3. The summed E-state index contributed by atoms with van der Waals surface area (Å²) in [7, 11) is 0. The SMILES string of the molecule is C=C(Nc1cncc(-c2cc3c(-c4cc5c(-c6cccc(F)c6)nccc5[nH]4)n[nH]c3cn2)c1)C(C)(C)C. The zero-order chi connectivity index (χ0) is 26.4. The van der Waals surface area contributed by atoms with Gasteiger partial charge in [0.2, 0.25) is 0 Å². The van der Waals surface area contributed by atoms with Crippen molar-refractivity contribution in [1.29, 1.82) is 0 Å². The van der Waals surface area contributed by atoms with Gasteiger partial charge in [0.05, 0.1) is 40.7 Å². The van der Waals surface area contributed by atoms with Crippen molar-refractivity contribution >= 4 is 27.5 Å². The molecule has 6 aromatic rings. The van der Waals surface area contributed by atoms with Crippen LogP contribution in [0.25, 0.3) is 55.7 Å². The van der Waals surface area contributed by atoms with Crippen molar-refractivity contribution in [3.63, 3.8) is 0 Å². The summed E-state index contributed by atoms with van der Waals surface area (Å²) < 4.78 is 13.9. The molecule has 0 spiro atoms. The first-order valence-electron chi connectivity index (χ1n) is 12.3. The van der Waals surface area contributed by atoms with Crippen LogP contribution in [0.3, 0.4) is 0 Å². The van der Waals surface area contributed by atoms with Crippen molar-refractivity contribution < 1.29 is 4.39 Å². The van der Waals surface area contributed by atoms with Crippen LogP contribution < -0.4 is 5.32 Å². The van der Waals surface area contributed by atoms with Gasteiger partial charge in [-0.05, 0) is 36.4 Å². The molecular formula is C30H26FN7. The number of aromatic amines is 2. The van der Waals surface area contributed by atoms with Crippen LogP contribution in [0.4, 0.5) is 10.1 Å². The van der Waals surface area contributed by atoms with Gasteiger partial charge in [-0.2, -0.15) is 5.10 Å². The van der Waals surface area contributed by atoms with E-state index < -0.39 is 0 Å². The second kappa shape index (κ2) is 8.92. The molecule has 1 aromatic carbocycles.